The molecule has 1 saturated heterocycles. The normalized spacial score (nSPS) is 18.9. The molecule has 3 amide bonds. The Bertz CT molecular complexity index is 503. The standard InChI is InChI=1S/C12H18N4O3S/c1-7(2)9-10(17)13-4-5-16(9)12(18)15-11-14-6-8(19-3)20-11/h6-7,9H,4-5H2,1-3H3,(H,13,17)(H,14,15,18). The Hall–Kier alpha value is -1.83. The molecular weight excluding hydrogens is 280 g/mol. The molecule has 2 N–H and O–H groups in total. The van der Waals surface area contributed by atoms with Gasteiger partial charge in [-0.05, 0) is 5.92 Å². The van der Waals surface area contributed by atoms with Crippen LogP contribution in [-0.4, -0.2) is 48.1 Å². The van der Waals surface area contributed by atoms with Crippen LogP contribution in [-0.2, 0) is 4.79 Å². The molecule has 0 bridgehead atoms. The number of nitrogens with zero attached hydrogens (tertiary/aromatic N) is 2. The van der Waals surface area contributed by atoms with E-state index in [1.807, 2.05) is 13.8 Å². The van der Waals surface area contributed by atoms with Gasteiger partial charge in [0, 0.05) is 13.1 Å². The van der Waals surface area contributed by atoms with Crippen LogP contribution < -0.4 is 15.4 Å². The molecule has 0 aromatic carbocycles. The number of piperazine rings is 1. The summed E-state index contributed by atoms with van der Waals surface area (Å²) in [5.41, 5.74) is 0. The van der Waals surface area contributed by atoms with Gasteiger partial charge in [-0.3, -0.25) is 10.1 Å². The molecular formula is C12H18N4O3S. The van der Waals surface area contributed by atoms with Crippen molar-refractivity contribution in [2.75, 3.05) is 25.5 Å². The lowest BCUT2D eigenvalue weighted by Crippen LogP contribution is -2.60. The van der Waals surface area contributed by atoms with Gasteiger partial charge < -0.3 is 15.0 Å². The minimum Gasteiger partial charge on any atom is -0.486 e. The van der Waals surface area contributed by atoms with E-state index in [-0.39, 0.29) is 17.9 Å². The van der Waals surface area contributed by atoms with E-state index >= 15 is 0 Å². The summed E-state index contributed by atoms with van der Waals surface area (Å²) in [7, 11) is 1.54. The summed E-state index contributed by atoms with van der Waals surface area (Å²) >= 11 is 1.24. The van der Waals surface area contributed by atoms with Crippen LogP contribution in [0.3, 0.4) is 0 Å². The minimum atomic E-state index is -0.453. The van der Waals surface area contributed by atoms with Gasteiger partial charge in [0.2, 0.25) is 5.91 Å². The highest BCUT2D eigenvalue weighted by atomic mass is 32.1. The zero-order chi connectivity index (χ0) is 14.7. The van der Waals surface area contributed by atoms with Gasteiger partial charge in [0.15, 0.2) is 10.2 Å². The third-order valence-corrected chi connectivity index (χ3v) is 3.92. The fourth-order valence-electron chi connectivity index (χ4n) is 2.15. The molecule has 0 aliphatic carbocycles. The lowest BCUT2D eigenvalue weighted by Gasteiger charge is -2.36. The van der Waals surface area contributed by atoms with Crippen LogP contribution >= 0.6 is 11.3 Å². The predicted molar refractivity (Wildman–Crippen MR) is 76.0 cm³/mol. The number of anilines is 1. The molecule has 0 saturated carbocycles. The highest BCUT2D eigenvalue weighted by Crippen LogP contribution is 2.25. The fourth-order valence-corrected chi connectivity index (χ4v) is 2.77. The number of rotatable bonds is 3. The number of methoxy groups -OCH3 is 1. The van der Waals surface area contributed by atoms with Gasteiger partial charge in [-0.15, -0.1) is 0 Å². The number of aromatic nitrogens is 1. The van der Waals surface area contributed by atoms with E-state index in [1.165, 1.54) is 11.3 Å². The Morgan fingerprint density at radius 1 is 1.65 bits per heavy atom. The summed E-state index contributed by atoms with van der Waals surface area (Å²) in [5, 5.41) is 6.57. The molecule has 1 aromatic heterocycles. The molecule has 110 valence electrons. The van der Waals surface area contributed by atoms with Crippen LogP contribution in [0.25, 0.3) is 0 Å². The quantitative estimate of drug-likeness (QED) is 0.876. The Balaban J connectivity index is 2.08. The molecule has 1 aromatic rings. The van der Waals surface area contributed by atoms with Crippen molar-refractivity contribution in [3.63, 3.8) is 0 Å². The van der Waals surface area contributed by atoms with Gasteiger partial charge in [0.25, 0.3) is 0 Å². The maximum Gasteiger partial charge on any atom is 0.324 e. The molecule has 1 aliphatic rings. The number of thiazole rings is 1. The van der Waals surface area contributed by atoms with Gasteiger partial charge >= 0.3 is 6.03 Å². The summed E-state index contributed by atoms with van der Waals surface area (Å²) in [5.74, 6) is -0.0648. The molecule has 1 atom stereocenters. The van der Waals surface area contributed by atoms with E-state index < -0.39 is 6.04 Å². The zero-order valence-electron chi connectivity index (χ0n) is 11.7. The van der Waals surface area contributed by atoms with Crippen LogP contribution in [0.1, 0.15) is 13.8 Å². The van der Waals surface area contributed by atoms with Crippen molar-refractivity contribution in [1.82, 2.24) is 15.2 Å². The zero-order valence-corrected chi connectivity index (χ0v) is 12.5. The second-order valence-corrected chi connectivity index (χ2v) is 5.79. The number of carbonyl (C=O) groups is 2. The van der Waals surface area contributed by atoms with E-state index in [1.54, 1.807) is 18.2 Å². The van der Waals surface area contributed by atoms with Crippen molar-refractivity contribution >= 4 is 28.4 Å². The molecule has 1 fully saturated rings. The molecule has 0 spiro atoms. The Kier molecular flexibility index (Phi) is 4.43. The summed E-state index contributed by atoms with van der Waals surface area (Å²) < 4.78 is 5.03. The van der Waals surface area contributed by atoms with Crippen molar-refractivity contribution in [3.05, 3.63) is 6.20 Å². The van der Waals surface area contributed by atoms with E-state index in [2.05, 4.69) is 15.6 Å². The number of hydrogen-bond donors (Lipinski definition) is 2. The maximum atomic E-state index is 12.3. The van der Waals surface area contributed by atoms with Crippen molar-refractivity contribution in [3.8, 4) is 5.06 Å². The number of amides is 3. The van der Waals surface area contributed by atoms with E-state index in [4.69, 9.17) is 4.74 Å². The predicted octanol–water partition coefficient (Wildman–Crippen LogP) is 1.14. The molecule has 2 heterocycles. The highest BCUT2D eigenvalue weighted by Gasteiger charge is 2.35. The average Bonchev–Trinajstić information content (AvgIpc) is 2.85. The second-order valence-electron chi connectivity index (χ2n) is 4.79. The first-order chi connectivity index (χ1) is 9.52. The Morgan fingerprint density at radius 2 is 2.40 bits per heavy atom. The van der Waals surface area contributed by atoms with Crippen molar-refractivity contribution in [1.29, 1.82) is 0 Å². The topological polar surface area (TPSA) is 83.6 Å². The average molecular weight is 298 g/mol. The van der Waals surface area contributed by atoms with Crippen LogP contribution in [0, 0.1) is 5.92 Å². The monoisotopic (exact) mass is 298 g/mol. The first-order valence-corrected chi connectivity index (χ1v) is 7.19. The Labute approximate surface area is 121 Å². The van der Waals surface area contributed by atoms with Crippen LogP contribution in [0.15, 0.2) is 6.20 Å². The van der Waals surface area contributed by atoms with Crippen LogP contribution in [0.5, 0.6) is 5.06 Å². The van der Waals surface area contributed by atoms with Crippen LogP contribution in [0.2, 0.25) is 0 Å². The number of carbonyl (C=O) groups excluding carboxylic acids is 2. The summed E-state index contributed by atoms with van der Waals surface area (Å²) in [6.07, 6.45) is 1.54. The van der Waals surface area contributed by atoms with Crippen molar-refractivity contribution in [2.24, 2.45) is 5.92 Å². The SMILES string of the molecule is COc1cnc(NC(=O)N2CCNC(=O)C2C(C)C)s1. The minimum absolute atomic E-state index is 0.0480. The lowest BCUT2D eigenvalue weighted by atomic mass is 10.0. The molecule has 1 unspecified atom stereocenters. The second kappa shape index (κ2) is 6.08. The fraction of sp³-hybridized carbons (Fsp3) is 0.583. The van der Waals surface area contributed by atoms with E-state index in [9.17, 15) is 9.59 Å². The summed E-state index contributed by atoms with van der Waals surface area (Å²) in [4.78, 5) is 29.8. The highest BCUT2D eigenvalue weighted by molar-refractivity contribution is 7.17. The first kappa shape index (κ1) is 14.6. The largest absolute Gasteiger partial charge is 0.486 e. The molecule has 20 heavy (non-hydrogen) atoms. The smallest absolute Gasteiger partial charge is 0.324 e. The van der Waals surface area contributed by atoms with E-state index in [0.29, 0.717) is 23.3 Å². The number of urea groups is 1. The van der Waals surface area contributed by atoms with Gasteiger partial charge in [-0.2, -0.15) is 0 Å². The van der Waals surface area contributed by atoms with Crippen molar-refractivity contribution < 1.29 is 14.3 Å². The van der Waals surface area contributed by atoms with E-state index in [0.717, 1.165) is 0 Å². The molecule has 7 nitrogen and oxygen atoms in total. The molecule has 1 aliphatic heterocycles. The van der Waals surface area contributed by atoms with Gasteiger partial charge in [0.1, 0.15) is 6.04 Å². The third kappa shape index (κ3) is 3.01. The Morgan fingerprint density at radius 3 is 3.00 bits per heavy atom. The van der Waals surface area contributed by atoms with Gasteiger partial charge in [-0.1, -0.05) is 25.2 Å². The number of ether oxygens (including phenoxy) is 1. The van der Waals surface area contributed by atoms with Crippen molar-refractivity contribution in [2.45, 2.75) is 19.9 Å². The third-order valence-electron chi connectivity index (χ3n) is 3.05. The van der Waals surface area contributed by atoms with Gasteiger partial charge in [0.05, 0.1) is 13.3 Å². The molecule has 8 heteroatoms. The summed E-state index contributed by atoms with van der Waals surface area (Å²) in [6, 6.07) is -0.763. The summed E-state index contributed by atoms with van der Waals surface area (Å²) in [6.45, 7) is 4.80. The molecule has 0 radical (unpaired) electrons. The van der Waals surface area contributed by atoms with Crippen LogP contribution in [0.4, 0.5) is 9.93 Å². The molecule has 2 rings (SSSR count). The maximum absolute atomic E-state index is 12.3. The van der Waals surface area contributed by atoms with Gasteiger partial charge in [-0.25, -0.2) is 9.78 Å². The number of nitrogens with one attached hydrogen (secondary N) is 2. The number of hydrogen-bond acceptors (Lipinski definition) is 5. The lowest BCUT2D eigenvalue weighted by molar-refractivity contribution is -0.129. The first-order valence-electron chi connectivity index (χ1n) is 6.38.